The van der Waals surface area contributed by atoms with Crippen molar-refractivity contribution in [3.63, 3.8) is 0 Å². The molecular weight excluding hydrogens is 340 g/mol. The molecule has 0 unspecified atom stereocenters. The number of aromatic nitrogens is 3. The molecule has 0 bridgehead atoms. The van der Waals surface area contributed by atoms with Crippen molar-refractivity contribution in [1.82, 2.24) is 15.0 Å². The topological polar surface area (TPSA) is 64.7 Å². The largest absolute Gasteiger partial charge is 0.368 e. The Morgan fingerprint density at radius 3 is 2.15 bits per heavy atom. The smallest absolute Gasteiger partial charge is 0.224 e. The Balaban J connectivity index is 1.67. The number of nitrogens with two attached hydrogens (primary N) is 1. The minimum Gasteiger partial charge on any atom is -0.368 e. The van der Waals surface area contributed by atoms with E-state index >= 15 is 0 Å². The lowest BCUT2D eigenvalue weighted by atomic mass is 10.1. The summed E-state index contributed by atoms with van der Waals surface area (Å²) in [5.74, 6) is 1.41. The fourth-order valence-electron chi connectivity index (χ4n) is 3.10. The lowest BCUT2D eigenvalue weighted by Crippen LogP contribution is -2.02. The van der Waals surface area contributed by atoms with Crippen LogP contribution in [0, 0.1) is 0 Å². The second-order valence-corrected chi connectivity index (χ2v) is 7.10. The number of thiophene rings is 1. The zero-order valence-electron chi connectivity index (χ0n) is 13.8. The summed E-state index contributed by atoms with van der Waals surface area (Å²) >= 11 is 1.77. The van der Waals surface area contributed by atoms with Crippen LogP contribution in [0.2, 0.25) is 0 Å². The van der Waals surface area contributed by atoms with Crippen molar-refractivity contribution >= 4 is 37.5 Å². The maximum absolute atomic E-state index is 5.95. The third-order valence-electron chi connectivity index (χ3n) is 4.32. The molecule has 0 amide bonds. The predicted octanol–water partition coefficient (Wildman–Crippen LogP) is 5.16. The van der Waals surface area contributed by atoms with Gasteiger partial charge in [0.05, 0.1) is 0 Å². The van der Waals surface area contributed by atoms with Gasteiger partial charge in [-0.3, -0.25) is 0 Å². The van der Waals surface area contributed by atoms with E-state index in [9.17, 15) is 0 Å². The molecule has 0 saturated heterocycles. The number of anilines is 1. The monoisotopic (exact) mass is 354 g/mol. The van der Waals surface area contributed by atoms with Gasteiger partial charge in [-0.25, -0.2) is 4.98 Å². The van der Waals surface area contributed by atoms with E-state index in [1.165, 1.54) is 20.2 Å². The van der Waals surface area contributed by atoms with Gasteiger partial charge in [-0.15, -0.1) is 11.3 Å². The van der Waals surface area contributed by atoms with Gasteiger partial charge in [0.15, 0.2) is 11.6 Å². The number of nitrogen functional groups attached to an aromatic ring is 1. The molecule has 5 heteroatoms. The van der Waals surface area contributed by atoms with Crippen LogP contribution in [0.15, 0.2) is 72.8 Å². The van der Waals surface area contributed by atoms with Crippen LogP contribution in [-0.4, -0.2) is 15.0 Å². The normalized spacial score (nSPS) is 11.2. The van der Waals surface area contributed by atoms with Gasteiger partial charge in [-0.1, -0.05) is 60.7 Å². The maximum atomic E-state index is 5.95. The van der Waals surface area contributed by atoms with Crippen molar-refractivity contribution in [2.75, 3.05) is 5.73 Å². The lowest BCUT2D eigenvalue weighted by Gasteiger charge is -2.05. The van der Waals surface area contributed by atoms with Gasteiger partial charge in [0.25, 0.3) is 0 Å². The molecule has 4 nitrogen and oxygen atoms in total. The Bertz CT molecular complexity index is 1250. The van der Waals surface area contributed by atoms with E-state index in [1.807, 2.05) is 36.4 Å². The summed E-state index contributed by atoms with van der Waals surface area (Å²) in [5, 5.41) is 2.53. The highest BCUT2D eigenvalue weighted by atomic mass is 32.1. The molecule has 26 heavy (non-hydrogen) atoms. The highest BCUT2D eigenvalue weighted by Crippen LogP contribution is 2.35. The SMILES string of the molecule is Nc1nc(-c2ccccc2)nc(-c2ccc3c(c2)sc2ccccc23)n1. The number of fused-ring (bicyclic) bond motifs is 3. The fraction of sp³-hybridized carbons (Fsp3) is 0. The molecule has 124 valence electrons. The third-order valence-corrected chi connectivity index (χ3v) is 5.46. The van der Waals surface area contributed by atoms with Crippen molar-refractivity contribution in [3.05, 3.63) is 72.8 Å². The van der Waals surface area contributed by atoms with E-state index in [1.54, 1.807) is 11.3 Å². The Labute approximate surface area is 154 Å². The van der Waals surface area contributed by atoms with Crippen LogP contribution in [0.1, 0.15) is 0 Å². The maximum Gasteiger partial charge on any atom is 0.224 e. The van der Waals surface area contributed by atoms with Crippen LogP contribution in [0.5, 0.6) is 0 Å². The van der Waals surface area contributed by atoms with Crippen LogP contribution < -0.4 is 5.73 Å². The zero-order valence-corrected chi connectivity index (χ0v) is 14.6. The van der Waals surface area contributed by atoms with Gasteiger partial charge in [-0.05, 0) is 12.1 Å². The summed E-state index contributed by atoms with van der Waals surface area (Å²) in [6.45, 7) is 0. The first-order valence-electron chi connectivity index (χ1n) is 8.26. The number of benzene rings is 3. The van der Waals surface area contributed by atoms with Crippen LogP contribution in [0.3, 0.4) is 0 Å². The summed E-state index contributed by atoms with van der Waals surface area (Å²) in [6, 6.07) is 24.6. The molecule has 3 aromatic carbocycles. The van der Waals surface area contributed by atoms with E-state index in [-0.39, 0.29) is 5.95 Å². The summed E-state index contributed by atoms with van der Waals surface area (Å²) in [5.41, 5.74) is 7.81. The van der Waals surface area contributed by atoms with Crippen molar-refractivity contribution in [2.45, 2.75) is 0 Å². The van der Waals surface area contributed by atoms with Crippen LogP contribution in [-0.2, 0) is 0 Å². The fourth-order valence-corrected chi connectivity index (χ4v) is 4.25. The van der Waals surface area contributed by atoms with Gasteiger partial charge in [0.1, 0.15) is 0 Å². The zero-order chi connectivity index (χ0) is 17.5. The average Bonchev–Trinajstić information content (AvgIpc) is 3.06. The minimum atomic E-state index is 0.227. The summed E-state index contributed by atoms with van der Waals surface area (Å²) in [4.78, 5) is 13.3. The highest BCUT2D eigenvalue weighted by Gasteiger charge is 2.11. The molecule has 0 aliphatic carbocycles. The quantitative estimate of drug-likeness (QED) is 0.476. The Kier molecular flexibility index (Phi) is 3.40. The Hall–Kier alpha value is -3.31. The van der Waals surface area contributed by atoms with E-state index < -0.39 is 0 Å². The Morgan fingerprint density at radius 2 is 1.31 bits per heavy atom. The van der Waals surface area contributed by atoms with Crippen molar-refractivity contribution in [3.8, 4) is 22.8 Å². The molecule has 0 aliphatic rings. The molecule has 0 fully saturated rings. The van der Waals surface area contributed by atoms with Crippen LogP contribution >= 0.6 is 11.3 Å². The van der Waals surface area contributed by atoms with E-state index in [2.05, 4.69) is 51.4 Å². The first-order chi connectivity index (χ1) is 12.8. The highest BCUT2D eigenvalue weighted by molar-refractivity contribution is 7.25. The van der Waals surface area contributed by atoms with E-state index in [4.69, 9.17) is 5.73 Å². The van der Waals surface area contributed by atoms with E-state index in [0.717, 1.165) is 11.1 Å². The van der Waals surface area contributed by atoms with Crippen molar-refractivity contribution < 1.29 is 0 Å². The van der Waals surface area contributed by atoms with Crippen LogP contribution in [0.25, 0.3) is 42.9 Å². The Morgan fingerprint density at radius 1 is 0.615 bits per heavy atom. The van der Waals surface area contributed by atoms with Gasteiger partial charge in [0.2, 0.25) is 5.95 Å². The minimum absolute atomic E-state index is 0.227. The van der Waals surface area contributed by atoms with Crippen molar-refractivity contribution in [1.29, 1.82) is 0 Å². The first-order valence-corrected chi connectivity index (χ1v) is 9.08. The molecule has 0 spiro atoms. The number of nitrogens with zero attached hydrogens (tertiary/aromatic N) is 3. The van der Waals surface area contributed by atoms with Gasteiger partial charge in [-0.2, -0.15) is 9.97 Å². The first kappa shape index (κ1) is 15.0. The van der Waals surface area contributed by atoms with Gasteiger partial charge >= 0.3 is 0 Å². The third kappa shape index (κ3) is 2.50. The molecule has 0 radical (unpaired) electrons. The van der Waals surface area contributed by atoms with Gasteiger partial charge < -0.3 is 5.73 Å². The van der Waals surface area contributed by atoms with Gasteiger partial charge in [0, 0.05) is 31.3 Å². The molecule has 2 N–H and O–H groups in total. The lowest BCUT2D eigenvalue weighted by molar-refractivity contribution is 1.08. The molecule has 2 aromatic heterocycles. The molecule has 2 heterocycles. The molecule has 5 aromatic rings. The second kappa shape index (κ2) is 5.89. The molecular formula is C21H14N4S. The summed E-state index contributed by atoms with van der Waals surface area (Å²) < 4.78 is 2.49. The number of hydrogen-bond donors (Lipinski definition) is 1. The molecule has 5 rings (SSSR count). The number of hydrogen-bond acceptors (Lipinski definition) is 5. The standard InChI is InChI=1S/C21H14N4S/c22-21-24-19(13-6-2-1-3-7-13)23-20(25-21)14-10-11-16-15-8-4-5-9-17(15)26-18(16)12-14/h1-12H,(H2,22,23,24,25). The number of rotatable bonds is 2. The molecule has 0 aliphatic heterocycles. The molecule has 0 saturated carbocycles. The second-order valence-electron chi connectivity index (χ2n) is 6.02. The van der Waals surface area contributed by atoms with Crippen LogP contribution in [0.4, 0.5) is 5.95 Å². The summed E-state index contributed by atoms with van der Waals surface area (Å²) in [6.07, 6.45) is 0. The summed E-state index contributed by atoms with van der Waals surface area (Å²) in [7, 11) is 0. The molecule has 0 atom stereocenters. The predicted molar refractivity (Wildman–Crippen MR) is 108 cm³/mol. The average molecular weight is 354 g/mol. The van der Waals surface area contributed by atoms with Crippen molar-refractivity contribution in [2.24, 2.45) is 0 Å². The van der Waals surface area contributed by atoms with E-state index in [0.29, 0.717) is 11.6 Å².